The van der Waals surface area contributed by atoms with E-state index < -0.39 is 0 Å². The van der Waals surface area contributed by atoms with Crippen molar-refractivity contribution in [2.24, 2.45) is 0 Å². The zero-order valence-electron chi connectivity index (χ0n) is 13.8. The molecular weight excluding hydrogens is 282 g/mol. The molecule has 0 fully saturated rings. The van der Waals surface area contributed by atoms with Crippen LogP contribution in [0.3, 0.4) is 0 Å². The van der Waals surface area contributed by atoms with Gasteiger partial charge in [-0.1, -0.05) is 6.07 Å². The lowest BCUT2D eigenvalue weighted by atomic mass is 10.3. The molecule has 0 heterocycles. The minimum atomic E-state index is -0.215. The van der Waals surface area contributed by atoms with Gasteiger partial charge in [0.1, 0.15) is 5.75 Å². The van der Waals surface area contributed by atoms with Gasteiger partial charge in [0.2, 0.25) is 11.8 Å². The Bertz CT molecular complexity index is 503. The van der Waals surface area contributed by atoms with Crippen molar-refractivity contribution in [2.45, 2.75) is 13.3 Å². The standard InChI is InChI=1S/C16H25N3O3/c1-13(20)19(10-6-9-18(2)3)12-16(21)17-14-7-5-8-15(11-14)22-4/h5,7-8,11H,6,9-10,12H2,1-4H3,(H,17,21). The fraction of sp³-hybridized carbons (Fsp3) is 0.500. The number of carbonyl (C=O) groups is 2. The lowest BCUT2D eigenvalue weighted by molar-refractivity contribution is -0.132. The van der Waals surface area contributed by atoms with E-state index in [0.717, 1.165) is 13.0 Å². The third-order valence-corrected chi connectivity index (χ3v) is 3.17. The van der Waals surface area contributed by atoms with Gasteiger partial charge in [-0.05, 0) is 39.2 Å². The summed E-state index contributed by atoms with van der Waals surface area (Å²) in [6, 6.07) is 7.12. The molecule has 0 aliphatic heterocycles. The summed E-state index contributed by atoms with van der Waals surface area (Å²) in [7, 11) is 5.53. The Kier molecular flexibility index (Phi) is 7.39. The molecule has 1 rings (SSSR count). The van der Waals surface area contributed by atoms with E-state index in [-0.39, 0.29) is 18.4 Å². The topological polar surface area (TPSA) is 61.9 Å². The molecule has 1 aromatic rings. The minimum absolute atomic E-state index is 0.0555. The first kappa shape index (κ1) is 18.0. The molecule has 22 heavy (non-hydrogen) atoms. The number of nitrogens with one attached hydrogen (secondary N) is 1. The highest BCUT2D eigenvalue weighted by Crippen LogP contribution is 2.16. The first-order chi connectivity index (χ1) is 10.4. The smallest absolute Gasteiger partial charge is 0.243 e. The highest BCUT2D eigenvalue weighted by atomic mass is 16.5. The Morgan fingerprint density at radius 2 is 1.95 bits per heavy atom. The van der Waals surface area contributed by atoms with E-state index in [2.05, 4.69) is 10.2 Å². The van der Waals surface area contributed by atoms with Crippen molar-refractivity contribution in [3.8, 4) is 5.75 Å². The second kappa shape index (κ2) is 9.04. The third kappa shape index (κ3) is 6.58. The van der Waals surface area contributed by atoms with Crippen molar-refractivity contribution < 1.29 is 14.3 Å². The molecule has 0 radical (unpaired) electrons. The number of hydrogen-bond donors (Lipinski definition) is 1. The number of ether oxygens (including phenoxy) is 1. The Morgan fingerprint density at radius 3 is 2.55 bits per heavy atom. The zero-order chi connectivity index (χ0) is 16.5. The van der Waals surface area contributed by atoms with Crippen molar-refractivity contribution in [1.82, 2.24) is 9.80 Å². The summed E-state index contributed by atoms with van der Waals surface area (Å²) in [6.07, 6.45) is 0.832. The molecule has 0 aliphatic rings. The molecule has 0 saturated heterocycles. The third-order valence-electron chi connectivity index (χ3n) is 3.17. The number of rotatable bonds is 8. The van der Waals surface area contributed by atoms with Crippen molar-refractivity contribution in [3.63, 3.8) is 0 Å². The molecule has 0 aliphatic carbocycles. The molecule has 1 N–H and O–H groups in total. The second-order valence-electron chi connectivity index (χ2n) is 5.38. The van der Waals surface area contributed by atoms with Crippen molar-refractivity contribution in [1.29, 1.82) is 0 Å². The minimum Gasteiger partial charge on any atom is -0.497 e. The van der Waals surface area contributed by atoms with E-state index in [1.165, 1.54) is 6.92 Å². The van der Waals surface area contributed by atoms with Crippen LogP contribution in [0.2, 0.25) is 0 Å². The van der Waals surface area contributed by atoms with Crippen LogP contribution in [0.5, 0.6) is 5.75 Å². The van der Waals surface area contributed by atoms with E-state index in [0.29, 0.717) is 18.0 Å². The number of nitrogens with zero attached hydrogens (tertiary/aromatic N) is 2. The molecule has 0 aromatic heterocycles. The van der Waals surface area contributed by atoms with Gasteiger partial charge in [0.05, 0.1) is 13.7 Å². The van der Waals surface area contributed by atoms with Gasteiger partial charge in [0, 0.05) is 25.2 Å². The lowest BCUT2D eigenvalue weighted by Crippen LogP contribution is -2.38. The fourth-order valence-electron chi connectivity index (χ4n) is 2.00. The van der Waals surface area contributed by atoms with Crippen LogP contribution in [-0.4, -0.2) is 62.5 Å². The Hall–Kier alpha value is -2.08. The van der Waals surface area contributed by atoms with Crippen LogP contribution in [0.4, 0.5) is 5.69 Å². The van der Waals surface area contributed by atoms with Gasteiger partial charge in [0.25, 0.3) is 0 Å². The van der Waals surface area contributed by atoms with Crippen LogP contribution in [0.1, 0.15) is 13.3 Å². The summed E-state index contributed by atoms with van der Waals surface area (Å²) >= 11 is 0. The molecular formula is C16H25N3O3. The van der Waals surface area contributed by atoms with Gasteiger partial charge in [-0.15, -0.1) is 0 Å². The summed E-state index contributed by atoms with van der Waals surface area (Å²) < 4.78 is 5.11. The highest BCUT2D eigenvalue weighted by Gasteiger charge is 2.13. The average molecular weight is 307 g/mol. The predicted molar refractivity (Wildman–Crippen MR) is 87.0 cm³/mol. The van der Waals surface area contributed by atoms with Crippen LogP contribution < -0.4 is 10.1 Å². The molecule has 0 unspecified atom stereocenters. The molecule has 122 valence electrons. The maximum Gasteiger partial charge on any atom is 0.243 e. The molecule has 2 amide bonds. The van der Waals surface area contributed by atoms with Gasteiger partial charge in [-0.25, -0.2) is 0 Å². The lowest BCUT2D eigenvalue weighted by Gasteiger charge is -2.21. The van der Waals surface area contributed by atoms with E-state index in [4.69, 9.17) is 4.74 Å². The first-order valence-corrected chi connectivity index (χ1v) is 7.26. The number of methoxy groups -OCH3 is 1. The molecule has 0 spiro atoms. The maximum absolute atomic E-state index is 12.1. The zero-order valence-corrected chi connectivity index (χ0v) is 13.8. The Morgan fingerprint density at radius 1 is 1.23 bits per heavy atom. The summed E-state index contributed by atoms with van der Waals surface area (Å²) in [6.45, 7) is 2.98. The van der Waals surface area contributed by atoms with Crippen LogP contribution in [0, 0.1) is 0 Å². The van der Waals surface area contributed by atoms with Crippen LogP contribution in [-0.2, 0) is 9.59 Å². The van der Waals surface area contributed by atoms with Gasteiger partial charge in [-0.2, -0.15) is 0 Å². The SMILES string of the molecule is COc1cccc(NC(=O)CN(CCCN(C)C)C(C)=O)c1. The highest BCUT2D eigenvalue weighted by molar-refractivity contribution is 5.94. The van der Waals surface area contributed by atoms with Gasteiger partial charge >= 0.3 is 0 Å². The van der Waals surface area contributed by atoms with E-state index in [9.17, 15) is 9.59 Å². The predicted octanol–water partition coefficient (Wildman–Crippen LogP) is 1.43. The van der Waals surface area contributed by atoms with E-state index in [1.807, 2.05) is 14.1 Å². The summed E-state index contributed by atoms with van der Waals surface area (Å²) in [5, 5.41) is 2.78. The van der Waals surface area contributed by atoms with Crippen LogP contribution in [0.25, 0.3) is 0 Å². The number of hydrogen-bond acceptors (Lipinski definition) is 4. The van der Waals surface area contributed by atoms with Crippen LogP contribution in [0.15, 0.2) is 24.3 Å². The quantitative estimate of drug-likeness (QED) is 0.789. The number of amides is 2. The summed E-state index contributed by atoms with van der Waals surface area (Å²) in [5.41, 5.74) is 0.654. The van der Waals surface area contributed by atoms with E-state index >= 15 is 0 Å². The van der Waals surface area contributed by atoms with E-state index in [1.54, 1.807) is 36.3 Å². The van der Waals surface area contributed by atoms with Crippen molar-refractivity contribution >= 4 is 17.5 Å². The monoisotopic (exact) mass is 307 g/mol. The van der Waals surface area contributed by atoms with Gasteiger partial charge in [0.15, 0.2) is 0 Å². The summed E-state index contributed by atoms with van der Waals surface area (Å²) in [4.78, 5) is 27.3. The largest absolute Gasteiger partial charge is 0.497 e. The normalized spacial score (nSPS) is 10.4. The molecule has 1 aromatic carbocycles. The number of benzene rings is 1. The van der Waals surface area contributed by atoms with Gasteiger partial charge in [-0.3, -0.25) is 9.59 Å². The first-order valence-electron chi connectivity index (χ1n) is 7.26. The molecule has 6 heteroatoms. The Labute approximate surface area is 132 Å². The molecule has 0 bridgehead atoms. The molecule has 0 atom stereocenters. The maximum atomic E-state index is 12.1. The number of carbonyl (C=O) groups excluding carboxylic acids is 2. The average Bonchev–Trinajstić information content (AvgIpc) is 2.45. The molecule has 0 saturated carbocycles. The number of anilines is 1. The van der Waals surface area contributed by atoms with Crippen molar-refractivity contribution in [2.75, 3.05) is 46.2 Å². The van der Waals surface area contributed by atoms with Gasteiger partial charge < -0.3 is 19.9 Å². The molecule has 6 nitrogen and oxygen atoms in total. The Balaban J connectivity index is 2.53. The van der Waals surface area contributed by atoms with Crippen molar-refractivity contribution in [3.05, 3.63) is 24.3 Å². The summed E-state index contributed by atoms with van der Waals surface area (Å²) in [5.74, 6) is 0.361. The van der Waals surface area contributed by atoms with Crippen LogP contribution >= 0.6 is 0 Å². The fourth-order valence-corrected chi connectivity index (χ4v) is 2.00. The second-order valence-corrected chi connectivity index (χ2v) is 5.38.